The van der Waals surface area contributed by atoms with E-state index in [-0.39, 0.29) is 17.7 Å². The lowest BCUT2D eigenvalue weighted by atomic mass is 10.2. The predicted molar refractivity (Wildman–Crippen MR) is 116 cm³/mol. The third-order valence-electron chi connectivity index (χ3n) is 4.30. The number of carbonyl (C=O) groups excluding carboxylic acids is 1. The average molecular weight is 431 g/mol. The topological polar surface area (TPSA) is 69.0 Å². The fourth-order valence-electron chi connectivity index (χ4n) is 2.79. The van der Waals surface area contributed by atoms with Gasteiger partial charge < -0.3 is 10.1 Å². The van der Waals surface area contributed by atoms with Gasteiger partial charge in [-0.25, -0.2) is 0 Å². The van der Waals surface area contributed by atoms with Crippen molar-refractivity contribution in [2.24, 2.45) is 0 Å². The van der Waals surface area contributed by atoms with Gasteiger partial charge in [-0.05, 0) is 49.7 Å². The van der Waals surface area contributed by atoms with Gasteiger partial charge in [0.15, 0.2) is 11.0 Å². The highest BCUT2D eigenvalue weighted by molar-refractivity contribution is 7.99. The molecule has 1 heterocycles. The lowest BCUT2D eigenvalue weighted by Crippen LogP contribution is -2.25. The molecule has 0 saturated carbocycles. The highest BCUT2D eigenvalue weighted by Crippen LogP contribution is 2.28. The number of carbonyl (C=O) groups is 1. The molecule has 0 aliphatic heterocycles. The number of hydrogen-bond donors (Lipinski definition) is 1. The van der Waals surface area contributed by atoms with Crippen LogP contribution in [0.1, 0.15) is 25.5 Å². The number of halogens is 1. The SMILES string of the molecule is COc1ccc(-c2nnc(SCC(=O)NCc3ccccc3Cl)n2C(C)C)cc1. The molecule has 152 valence electrons. The summed E-state index contributed by atoms with van der Waals surface area (Å²) in [4.78, 5) is 12.3. The van der Waals surface area contributed by atoms with Crippen LogP contribution in [-0.2, 0) is 11.3 Å². The van der Waals surface area contributed by atoms with Gasteiger partial charge in [0.2, 0.25) is 5.91 Å². The van der Waals surface area contributed by atoms with E-state index in [1.807, 2.05) is 53.1 Å². The molecular formula is C21H23ClN4O2S. The first-order valence-electron chi connectivity index (χ1n) is 9.21. The molecule has 0 saturated heterocycles. The van der Waals surface area contributed by atoms with Crippen LogP contribution in [0.5, 0.6) is 5.75 Å². The molecule has 1 N–H and O–H groups in total. The zero-order valence-corrected chi connectivity index (χ0v) is 18.1. The van der Waals surface area contributed by atoms with Gasteiger partial charge in [-0.1, -0.05) is 41.6 Å². The Labute approximate surface area is 179 Å². The standard InChI is InChI=1S/C21H23ClN4O2S/c1-14(2)26-20(15-8-10-17(28-3)11-9-15)24-25-21(26)29-13-19(27)23-12-16-6-4-5-7-18(16)22/h4-11,14H,12-13H2,1-3H3,(H,23,27). The normalized spacial score (nSPS) is 10.9. The second-order valence-electron chi connectivity index (χ2n) is 6.66. The summed E-state index contributed by atoms with van der Waals surface area (Å²) < 4.78 is 7.25. The number of rotatable bonds is 8. The van der Waals surface area contributed by atoms with Gasteiger partial charge in [0.1, 0.15) is 5.75 Å². The lowest BCUT2D eigenvalue weighted by Gasteiger charge is -2.14. The van der Waals surface area contributed by atoms with Crippen LogP contribution in [0.3, 0.4) is 0 Å². The zero-order valence-electron chi connectivity index (χ0n) is 16.6. The first kappa shape index (κ1) is 21.2. The van der Waals surface area contributed by atoms with Crippen LogP contribution >= 0.6 is 23.4 Å². The Morgan fingerprint density at radius 3 is 2.55 bits per heavy atom. The number of methoxy groups -OCH3 is 1. The van der Waals surface area contributed by atoms with Gasteiger partial charge >= 0.3 is 0 Å². The Morgan fingerprint density at radius 2 is 1.90 bits per heavy atom. The summed E-state index contributed by atoms with van der Waals surface area (Å²) >= 11 is 7.50. The maximum atomic E-state index is 12.3. The summed E-state index contributed by atoms with van der Waals surface area (Å²) in [6, 6.07) is 15.3. The molecule has 29 heavy (non-hydrogen) atoms. The van der Waals surface area contributed by atoms with E-state index in [0.717, 1.165) is 22.7 Å². The number of ether oxygens (including phenoxy) is 1. The minimum absolute atomic E-state index is 0.0841. The minimum atomic E-state index is -0.0841. The van der Waals surface area contributed by atoms with E-state index >= 15 is 0 Å². The number of thioether (sulfide) groups is 1. The average Bonchev–Trinajstić information content (AvgIpc) is 3.16. The van der Waals surface area contributed by atoms with Crippen molar-refractivity contribution in [2.45, 2.75) is 31.6 Å². The molecule has 1 aromatic heterocycles. The van der Waals surface area contributed by atoms with Crippen molar-refractivity contribution in [1.82, 2.24) is 20.1 Å². The van der Waals surface area contributed by atoms with Gasteiger partial charge in [-0.2, -0.15) is 0 Å². The van der Waals surface area contributed by atoms with Gasteiger partial charge in [-0.3, -0.25) is 9.36 Å². The molecule has 6 nitrogen and oxygen atoms in total. The van der Waals surface area contributed by atoms with Crippen molar-refractivity contribution in [3.8, 4) is 17.1 Å². The molecule has 0 radical (unpaired) electrons. The molecule has 1 amide bonds. The Balaban J connectivity index is 1.66. The summed E-state index contributed by atoms with van der Waals surface area (Å²) in [5.74, 6) is 1.72. The third kappa shape index (κ3) is 5.31. The Hall–Kier alpha value is -2.51. The monoisotopic (exact) mass is 430 g/mol. The van der Waals surface area contributed by atoms with E-state index in [4.69, 9.17) is 16.3 Å². The summed E-state index contributed by atoms with van der Waals surface area (Å²) in [6.07, 6.45) is 0. The molecule has 3 aromatic rings. The first-order valence-corrected chi connectivity index (χ1v) is 10.6. The van der Waals surface area contributed by atoms with Crippen molar-refractivity contribution in [1.29, 1.82) is 0 Å². The molecule has 0 spiro atoms. The van der Waals surface area contributed by atoms with Gasteiger partial charge in [0.05, 0.1) is 12.9 Å². The summed E-state index contributed by atoms with van der Waals surface area (Å²) in [5, 5.41) is 12.9. The smallest absolute Gasteiger partial charge is 0.230 e. The van der Waals surface area contributed by atoms with E-state index in [9.17, 15) is 4.79 Å². The van der Waals surface area contributed by atoms with Gasteiger partial charge in [0, 0.05) is 23.2 Å². The van der Waals surface area contributed by atoms with Gasteiger partial charge in [0.25, 0.3) is 0 Å². The maximum Gasteiger partial charge on any atom is 0.230 e. The predicted octanol–water partition coefficient (Wildman–Crippen LogP) is 4.60. The minimum Gasteiger partial charge on any atom is -0.497 e. The van der Waals surface area contributed by atoms with Gasteiger partial charge in [-0.15, -0.1) is 10.2 Å². The van der Waals surface area contributed by atoms with Crippen molar-refractivity contribution < 1.29 is 9.53 Å². The highest BCUT2D eigenvalue weighted by Gasteiger charge is 2.18. The molecule has 3 rings (SSSR count). The third-order valence-corrected chi connectivity index (χ3v) is 5.61. The van der Waals surface area contributed by atoms with Crippen molar-refractivity contribution in [3.63, 3.8) is 0 Å². The molecule has 0 aliphatic carbocycles. The summed E-state index contributed by atoms with van der Waals surface area (Å²) in [7, 11) is 1.64. The number of aromatic nitrogens is 3. The summed E-state index contributed by atoms with van der Waals surface area (Å²) in [5.41, 5.74) is 1.83. The quantitative estimate of drug-likeness (QED) is 0.529. The van der Waals surface area contributed by atoms with E-state index in [1.165, 1.54) is 11.8 Å². The first-order chi connectivity index (χ1) is 14.0. The Bertz CT molecular complexity index is 973. The van der Waals surface area contributed by atoms with E-state index in [2.05, 4.69) is 29.4 Å². The van der Waals surface area contributed by atoms with Crippen LogP contribution in [0.4, 0.5) is 0 Å². The fourth-order valence-corrected chi connectivity index (χ4v) is 3.89. The van der Waals surface area contributed by atoms with Crippen molar-refractivity contribution >= 4 is 29.3 Å². The van der Waals surface area contributed by atoms with Crippen LogP contribution in [0.25, 0.3) is 11.4 Å². The molecule has 8 heteroatoms. The number of benzene rings is 2. The molecular weight excluding hydrogens is 408 g/mol. The Kier molecular flexibility index (Phi) is 7.17. The summed E-state index contributed by atoms with van der Waals surface area (Å²) in [6.45, 7) is 4.53. The lowest BCUT2D eigenvalue weighted by molar-refractivity contribution is -0.118. The van der Waals surface area contributed by atoms with E-state index in [1.54, 1.807) is 7.11 Å². The molecule has 2 aromatic carbocycles. The zero-order chi connectivity index (χ0) is 20.8. The molecule has 0 unspecified atom stereocenters. The second kappa shape index (κ2) is 9.80. The largest absolute Gasteiger partial charge is 0.497 e. The van der Waals surface area contributed by atoms with Crippen LogP contribution in [0.2, 0.25) is 5.02 Å². The highest BCUT2D eigenvalue weighted by atomic mass is 35.5. The number of nitrogens with one attached hydrogen (secondary N) is 1. The van der Waals surface area contributed by atoms with Crippen molar-refractivity contribution in [3.05, 3.63) is 59.1 Å². The Morgan fingerprint density at radius 1 is 1.17 bits per heavy atom. The molecule has 0 atom stereocenters. The molecule has 0 bridgehead atoms. The number of amides is 1. The van der Waals surface area contributed by atoms with Crippen LogP contribution < -0.4 is 10.1 Å². The fraction of sp³-hybridized carbons (Fsp3) is 0.286. The molecule has 0 fully saturated rings. The van der Waals surface area contributed by atoms with Crippen LogP contribution in [-0.4, -0.2) is 33.5 Å². The van der Waals surface area contributed by atoms with Crippen molar-refractivity contribution in [2.75, 3.05) is 12.9 Å². The van der Waals surface area contributed by atoms with E-state index in [0.29, 0.717) is 16.7 Å². The van der Waals surface area contributed by atoms with Crippen LogP contribution in [0.15, 0.2) is 53.7 Å². The van der Waals surface area contributed by atoms with E-state index < -0.39 is 0 Å². The molecule has 0 aliphatic rings. The maximum absolute atomic E-state index is 12.3. The number of hydrogen-bond acceptors (Lipinski definition) is 5. The van der Waals surface area contributed by atoms with Crippen LogP contribution in [0, 0.1) is 0 Å². The second-order valence-corrected chi connectivity index (χ2v) is 8.00. The number of nitrogens with zero attached hydrogens (tertiary/aromatic N) is 3.